The lowest BCUT2D eigenvalue weighted by molar-refractivity contribution is -0.125. The van der Waals surface area contributed by atoms with Crippen LogP contribution in [0.15, 0.2) is 36.4 Å². The Morgan fingerprint density at radius 3 is 2.51 bits per heavy atom. The van der Waals surface area contributed by atoms with Gasteiger partial charge >= 0.3 is 6.09 Å². The van der Waals surface area contributed by atoms with Crippen LogP contribution in [-0.4, -0.2) is 72.7 Å². The number of halogens is 1. The van der Waals surface area contributed by atoms with E-state index in [4.69, 9.17) is 21.1 Å². The number of nitriles is 1. The van der Waals surface area contributed by atoms with Gasteiger partial charge in [0.1, 0.15) is 18.2 Å². The van der Waals surface area contributed by atoms with Crippen molar-refractivity contribution in [1.29, 1.82) is 5.26 Å². The second kappa shape index (κ2) is 11.6. The molecule has 2 fully saturated rings. The fourth-order valence-electron chi connectivity index (χ4n) is 4.35. The average Bonchev–Trinajstić information content (AvgIpc) is 3.51. The van der Waals surface area contributed by atoms with Gasteiger partial charge in [-0.2, -0.15) is 5.26 Å². The monoisotopic (exact) mass is 573 g/mol. The Bertz CT molecular complexity index is 1300. The minimum atomic E-state index is -1.06. The van der Waals surface area contributed by atoms with E-state index in [1.54, 1.807) is 62.1 Å². The number of anilines is 2. The zero-order valence-electron chi connectivity index (χ0n) is 21.7. The Kier molecular flexibility index (Phi) is 8.44. The molecule has 206 valence electrons. The van der Waals surface area contributed by atoms with Crippen molar-refractivity contribution >= 4 is 58.1 Å². The number of nitrogens with one attached hydrogen (secondary N) is 1. The summed E-state index contributed by atoms with van der Waals surface area (Å²) in [7, 11) is 0. The van der Waals surface area contributed by atoms with Crippen LogP contribution in [0.5, 0.6) is 0 Å². The number of amides is 4. The highest BCUT2D eigenvalue weighted by Gasteiger charge is 2.44. The maximum absolute atomic E-state index is 13.6. The van der Waals surface area contributed by atoms with E-state index < -0.39 is 29.7 Å². The number of hydrogen-bond acceptors (Lipinski definition) is 8. The Morgan fingerprint density at radius 2 is 1.92 bits per heavy atom. The van der Waals surface area contributed by atoms with Crippen LogP contribution in [-0.2, 0) is 19.1 Å². The van der Waals surface area contributed by atoms with Gasteiger partial charge in [0.15, 0.2) is 6.19 Å². The van der Waals surface area contributed by atoms with E-state index in [-0.39, 0.29) is 37.1 Å². The Hall–Kier alpha value is -3.66. The molecule has 2 unspecified atom stereocenters. The summed E-state index contributed by atoms with van der Waals surface area (Å²) in [5.74, 6) is -1.20. The quantitative estimate of drug-likeness (QED) is 0.428. The number of rotatable bonds is 5. The summed E-state index contributed by atoms with van der Waals surface area (Å²) in [6.45, 7) is 5.95. The van der Waals surface area contributed by atoms with Crippen molar-refractivity contribution in [3.05, 3.63) is 45.6 Å². The van der Waals surface area contributed by atoms with E-state index in [2.05, 4.69) is 5.32 Å². The minimum Gasteiger partial charge on any atom is -0.444 e. The molecule has 0 bridgehead atoms. The van der Waals surface area contributed by atoms with Crippen LogP contribution < -0.4 is 15.1 Å². The fraction of sp³-hybridized carbons (Fsp3) is 0.423. The van der Waals surface area contributed by atoms with Crippen molar-refractivity contribution in [2.45, 2.75) is 44.9 Å². The van der Waals surface area contributed by atoms with E-state index in [9.17, 15) is 24.4 Å². The van der Waals surface area contributed by atoms with Gasteiger partial charge in [-0.05, 0) is 63.6 Å². The van der Waals surface area contributed by atoms with Gasteiger partial charge in [-0.25, -0.2) is 9.69 Å². The molecule has 0 radical (unpaired) electrons. The number of carbonyl (C=O) groups excluding carboxylic acids is 4. The van der Waals surface area contributed by atoms with Gasteiger partial charge < -0.3 is 19.7 Å². The summed E-state index contributed by atoms with van der Waals surface area (Å²) in [5.41, 5.74) is 0.0726. The van der Waals surface area contributed by atoms with Crippen molar-refractivity contribution < 1.29 is 28.7 Å². The van der Waals surface area contributed by atoms with Crippen molar-refractivity contribution in [3.8, 4) is 6.19 Å². The molecular formula is C26H28ClN5O6S. The number of carbonyl (C=O) groups is 4. The molecule has 2 aliphatic rings. The molecule has 0 spiro atoms. The van der Waals surface area contributed by atoms with Crippen molar-refractivity contribution in [2.75, 3.05) is 36.1 Å². The number of hydrogen-bond donors (Lipinski definition) is 1. The molecule has 1 aromatic carbocycles. The maximum Gasteiger partial charge on any atom is 0.411 e. The molecule has 13 heteroatoms. The number of ether oxygens (including phenoxy) is 2. The lowest BCUT2D eigenvalue weighted by Crippen LogP contribution is -2.48. The molecule has 3 heterocycles. The maximum atomic E-state index is 13.6. The molecule has 2 atom stereocenters. The first-order chi connectivity index (χ1) is 18.5. The topological polar surface area (TPSA) is 132 Å². The van der Waals surface area contributed by atoms with E-state index in [1.165, 1.54) is 4.90 Å². The molecule has 2 aliphatic heterocycles. The normalized spacial score (nSPS) is 19.4. The molecule has 2 saturated heterocycles. The van der Waals surface area contributed by atoms with Crippen LogP contribution in [0, 0.1) is 11.5 Å². The van der Waals surface area contributed by atoms with Crippen molar-refractivity contribution in [1.82, 2.24) is 10.2 Å². The fourth-order valence-corrected chi connectivity index (χ4v) is 5.29. The second-order valence-electron chi connectivity index (χ2n) is 10.0. The summed E-state index contributed by atoms with van der Waals surface area (Å²) in [5, 5.41) is 12.8. The predicted molar refractivity (Wildman–Crippen MR) is 145 cm³/mol. The van der Waals surface area contributed by atoms with Gasteiger partial charge in [0.05, 0.1) is 21.5 Å². The molecule has 4 amide bonds. The summed E-state index contributed by atoms with van der Waals surface area (Å²) in [6.07, 6.45) is 1.26. The molecule has 0 saturated carbocycles. The van der Waals surface area contributed by atoms with E-state index >= 15 is 0 Å². The third kappa shape index (κ3) is 6.68. The van der Waals surface area contributed by atoms with Gasteiger partial charge in [0, 0.05) is 24.8 Å². The Labute approximate surface area is 234 Å². The summed E-state index contributed by atoms with van der Waals surface area (Å²) >= 11 is 7.06. The summed E-state index contributed by atoms with van der Waals surface area (Å²) in [4.78, 5) is 55.7. The second-order valence-corrected chi connectivity index (χ2v) is 11.8. The SMILES string of the molecule is CC(C)(C)OC(=O)N1CC(NC(=O)c2ccc(Cl)s2)CC1C(=O)N(C#N)c1ccc(N2CCOCC2=O)cc1. The molecule has 2 aromatic rings. The smallest absolute Gasteiger partial charge is 0.411 e. The molecule has 0 aliphatic carbocycles. The van der Waals surface area contributed by atoms with Crippen LogP contribution in [0.1, 0.15) is 36.9 Å². The molecular weight excluding hydrogens is 546 g/mol. The Balaban J connectivity index is 1.54. The number of thiophene rings is 1. The van der Waals surface area contributed by atoms with Gasteiger partial charge in [0.25, 0.3) is 17.7 Å². The lowest BCUT2D eigenvalue weighted by atomic mass is 10.1. The van der Waals surface area contributed by atoms with E-state index in [0.717, 1.165) is 16.2 Å². The van der Waals surface area contributed by atoms with E-state index in [0.29, 0.717) is 28.1 Å². The molecule has 1 aromatic heterocycles. The molecule has 1 N–H and O–H groups in total. The average molecular weight is 574 g/mol. The van der Waals surface area contributed by atoms with Crippen LogP contribution >= 0.6 is 22.9 Å². The van der Waals surface area contributed by atoms with Crippen LogP contribution in [0.4, 0.5) is 16.2 Å². The predicted octanol–water partition coefficient (Wildman–Crippen LogP) is 3.39. The number of likely N-dealkylation sites (tertiary alicyclic amines) is 1. The molecule has 11 nitrogen and oxygen atoms in total. The minimum absolute atomic E-state index is 0.00995. The highest BCUT2D eigenvalue weighted by atomic mass is 35.5. The third-order valence-electron chi connectivity index (χ3n) is 6.07. The molecule has 4 rings (SSSR count). The first-order valence-electron chi connectivity index (χ1n) is 12.2. The van der Waals surface area contributed by atoms with Crippen LogP contribution in [0.2, 0.25) is 4.34 Å². The third-order valence-corrected chi connectivity index (χ3v) is 7.30. The summed E-state index contributed by atoms with van der Waals surface area (Å²) < 4.78 is 11.1. The number of nitrogens with zero attached hydrogens (tertiary/aromatic N) is 4. The lowest BCUT2D eigenvalue weighted by Gasteiger charge is -2.29. The number of morpholine rings is 1. The zero-order valence-corrected chi connectivity index (χ0v) is 23.3. The van der Waals surface area contributed by atoms with Gasteiger partial charge in [-0.3, -0.25) is 19.3 Å². The first kappa shape index (κ1) is 28.4. The van der Waals surface area contributed by atoms with Gasteiger partial charge in [-0.1, -0.05) is 11.6 Å². The first-order valence-corrected chi connectivity index (χ1v) is 13.4. The van der Waals surface area contributed by atoms with Crippen LogP contribution in [0.25, 0.3) is 0 Å². The van der Waals surface area contributed by atoms with Crippen LogP contribution in [0.3, 0.4) is 0 Å². The van der Waals surface area contributed by atoms with Crippen molar-refractivity contribution in [3.63, 3.8) is 0 Å². The zero-order chi connectivity index (χ0) is 28.3. The van der Waals surface area contributed by atoms with Gasteiger partial charge in [-0.15, -0.1) is 11.3 Å². The van der Waals surface area contributed by atoms with Crippen molar-refractivity contribution in [2.24, 2.45) is 0 Å². The number of benzene rings is 1. The highest BCUT2D eigenvalue weighted by Crippen LogP contribution is 2.28. The highest BCUT2D eigenvalue weighted by molar-refractivity contribution is 7.18. The van der Waals surface area contributed by atoms with Gasteiger partial charge in [0.2, 0.25) is 0 Å². The van der Waals surface area contributed by atoms with E-state index in [1.807, 2.05) is 6.19 Å². The standard InChI is InChI=1S/C26H28ClN5O6S/c1-26(2,3)38-25(36)31-13-16(29-23(34)20-8-9-21(27)39-20)12-19(31)24(35)32(15-28)18-6-4-17(5-7-18)30-10-11-37-14-22(30)33/h4-9,16,19H,10-14H2,1-3H3,(H,29,34). The largest absolute Gasteiger partial charge is 0.444 e. The molecule has 39 heavy (non-hydrogen) atoms. The Morgan fingerprint density at radius 1 is 1.21 bits per heavy atom. The summed E-state index contributed by atoms with van der Waals surface area (Å²) in [6, 6.07) is 8.00.